The van der Waals surface area contributed by atoms with E-state index in [4.69, 9.17) is 9.47 Å². The summed E-state index contributed by atoms with van der Waals surface area (Å²) in [6.07, 6.45) is 0.167. The average molecular weight is 440 g/mol. The number of hydrogen-bond donors (Lipinski definition) is 2. The van der Waals surface area contributed by atoms with Crippen LogP contribution < -0.4 is 15.4 Å². The van der Waals surface area contributed by atoms with Gasteiger partial charge in [0, 0.05) is 39.0 Å². The van der Waals surface area contributed by atoms with Gasteiger partial charge in [0.2, 0.25) is 5.91 Å². The first-order valence-corrected chi connectivity index (χ1v) is 11.0. The fourth-order valence-electron chi connectivity index (χ4n) is 3.72. The number of hydrogen-bond acceptors (Lipinski definition) is 5. The van der Waals surface area contributed by atoms with Crippen LogP contribution in [-0.2, 0) is 16.0 Å². The molecular formula is C25H33N3O4. The number of anilines is 1. The van der Waals surface area contributed by atoms with Crippen molar-refractivity contribution in [1.82, 2.24) is 10.2 Å². The Labute approximate surface area is 190 Å². The lowest BCUT2D eigenvalue weighted by Crippen LogP contribution is -2.44. The lowest BCUT2D eigenvalue weighted by Gasteiger charge is -2.30. The molecule has 0 aliphatic carbocycles. The Kier molecular flexibility index (Phi) is 8.25. The third kappa shape index (κ3) is 6.31. The molecule has 7 nitrogen and oxygen atoms in total. The summed E-state index contributed by atoms with van der Waals surface area (Å²) in [5, 5.41) is 6.36. The van der Waals surface area contributed by atoms with Gasteiger partial charge >= 0.3 is 0 Å². The van der Waals surface area contributed by atoms with Crippen molar-refractivity contribution in [1.29, 1.82) is 0 Å². The highest BCUT2D eigenvalue weighted by Crippen LogP contribution is 2.26. The van der Waals surface area contributed by atoms with Crippen LogP contribution in [-0.4, -0.2) is 62.7 Å². The Bertz CT molecular complexity index is 919. The topological polar surface area (TPSA) is 79.9 Å². The van der Waals surface area contributed by atoms with E-state index in [1.807, 2.05) is 37.3 Å². The normalized spacial score (nSPS) is 22.2. The van der Waals surface area contributed by atoms with Gasteiger partial charge in [-0.15, -0.1) is 0 Å². The molecule has 0 saturated carbocycles. The van der Waals surface area contributed by atoms with E-state index in [1.165, 1.54) is 0 Å². The molecule has 0 fully saturated rings. The van der Waals surface area contributed by atoms with E-state index < -0.39 is 0 Å². The zero-order chi connectivity index (χ0) is 23.1. The van der Waals surface area contributed by atoms with Crippen molar-refractivity contribution in [2.75, 3.05) is 39.2 Å². The average Bonchev–Trinajstić information content (AvgIpc) is 2.79. The van der Waals surface area contributed by atoms with E-state index >= 15 is 0 Å². The number of benzene rings is 2. The summed E-state index contributed by atoms with van der Waals surface area (Å²) in [5.74, 6) is 0.408. The predicted octanol–water partition coefficient (Wildman–Crippen LogP) is 2.96. The highest BCUT2D eigenvalue weighted by atomic mass is 16.5. The van der Waals surface area contributed by atoms with E-state index in [2.05, 4.69) is 17.6 Å². The molecule has 0 unspecified atom stereocenters. The lowest BCUT2D eigenvalue weighted by atomic mass is 10.0. The van der Waals surface area contributed by atoms with Crippen molar-refractivity contribution in [3.05, 3.63) is 59.7 Å². The number of rotatable bonds is 4. The number of nitrogens with zero attached hydrogens (tertiary/aromatic N) is 1. The third-order valence-electron chi connectivity index (χ3n) is 5.72. The van der Waals surface area contributed by atoms with Gasteiger partial charge in [-0.1, -0.05) is 37.3 Å². The second-order valence-electron chi connectivity index (χ2n) is 8.48. The van der Waals surface area contributed by atoms with Crippen molar-refractivity contribution in [2.24, 2.45) is 5.92 Å². The van der Waals surface area contributed by atoms with Crippen LogP contribution in [0.15, 0.2) is 48.5 Å². The van der Waals surface area contributed by atoms with Crippen LogP contribution in [0.3, 0.4) is 0 Å². The smallest absolute Gasteiger partial charge is 0.257 e. The summed E-state index contributed by atoms with van der Waals surface area (Å²) in [5.41, 5.74) is 1.90. The van der Waals surface area contributed by atoms with Gasteiger partial charge in [0.25, 0.3) is 5.91 Å². The number of fused-ring (bicyclic) bond motifs is 1. The molecule has 7 heteroatoms. The van der Waals surface area contributed by atoms with E-state index in [-0.39, 0.29) is 36.3 Å². The van der Waals surface area contributed by atoms with E-state index in [9.17, 15) is 9.59 Å². The molecule has 0 saturated heterocycles. The monoisotopic (exact) mass is 439 g/mol. The molecular weight excluding hydrogens is 406 g/mol. The summed E-state index contributed by atoms with van der Waals surface area (Å²) >= 11 is 0. The molecule has 1 aliphatic heterocycles. The maximum absolute atomic E-state index is 13.3. The van der Waals surface area contributed by atoms with Gasteiger partial charge in [-0.25, -0.2) is 0 Å². The van der Waals surface area contributed by atoms with Gasteiger partial charge in [0.05, 0.1) is 18.1 Å². The van der Waals surface area contributed by atoms with Crippen LogP contribution >= 0.6 is 0 Å². The predicted molar refractivity (Wildman–Crippen MR) is 125 cm³/mol. The molecule has 0 bridgehead atoms. The van der Waals surface area contributed by atoms with Crippen LogP contribution in [0.2, 0.25) is 0 Å². The molecule has 2 amide bonds. The van der Waals surface area contributed by atoms with Crippen molar-refractivity contribution in [3.63, 3.8) is 0 Å². The summed E-state index contributed by atoms with van der Waals surface area (Å²) in [7, 11) is 3.43. The first kappa shape index (κ1) is 23.8. The van der Waals surface area contributed by atoms with E-state index in [0.717, 1.165) is 12.1 Å². The Balaban J connectivity index is 1.82. The summed E-state index contributed by atoms with van der Waals surface area (Å²) in [6.45, 7) is 5.80. The first-order valence-electron chi connectivity index (χ1n) is 11.0. The van der Waals surface area contributed by atoms with Crippen LogP contribution in [0.25, 0.3) is 0 Å². The van der Waals surface area contributed by atoms with Crippen LogP contribution in [0.5, 0.6) is 5.75 Å². The van der Waals surface area contributed by atoms with Crippen LogP contribution in [0.4, 0.5) is 5.69 Å². The molecule has 0 aromatic heterocycles. The third-order valence-corrected chi connectivity index (χ3v) is 5.72. The second-order valence-corrected chi connectivity index (χ2v) is 8.48. The van der Waals surface area contributed by atoms with Gasteiger partial charge in [0.1, 0.15) is 12.4 Å². The minimum absolute atomic E-state index is 0.0961. The van der Waals surface area contributed by atoms with Gasteiger partial charge in [-0.05, 0) is 36.6 Å². The number of carbonyl (C=O) groups excluding carboxylic acids is 2. The lowest BCUT2D eigenvalue weighted by molar-refractivity contribution is -0.115. The molecule has 3 rings (SSSR count). The second kappa shape index (κ2) is 11.1. The van der Waals surface area contributed by atoms with Crippen molar-refractivity contribution >= 4 is 17.5 Å². The Morgan fingerprint density at radius 3 is 2.69 bits per heavy atom. The molecule has 0 spiro atoms. The highest BCUT2D eigenvalue weighted by molar-refractivity contribution is 5.99. The fourth-order valence-corrected chi connectivity index (χ4v) is 3.72. The molecule has 2 N–H and O–H groups in total. The quantitative estimate of drug-likeness (QED) is 0.766. The zero-order valence-corrected chi connectivity index (χ0v) is 19.3. The Hall–Kier alpha value is -2.90. The molecule has 32 heavy (non-hydrogen) atoms. The molecule has 1 heterocycles. The summed E-state index contributed by atoms with van der Waals surface area (Å²) in [6, 6.07) is 14.8. The first-order chi connectivity index (χ1) is 15.4. The molecule has 2 aromatic rings. The number of amides is 2. The van der Waals surface area contributed by atoms with Crippen molar-refractivity contribution < 1.29 is 19.1 Å². The number of carbonyl (C=O) groups is 2. The standard InChI is InChI=1S/C25H33N3O4/c1-17-14-26-18(2)16-32-22-11-10-20(27-24(29)12-19-8-6-5-7-9-19)13-21(22)25(30)28(3)15-23(17)31-4/h5-11,13,17-18,23,26H,12,14-16H2,1-4H3,(H,27,29)/t17-,18-,23+/m0/s1. The maximum Gasteiger partial charge on any atom is 0.257 e. The van der Waals surface area contributed by atoms with Crippen molar-refractivity contribution in [2.45, 2.75) is 32.4 Å². The highest BCUT2D eigenvalue weighted by Gasteiger charge is 2.25. The Morgan fingerprint density at radius 2 is 1.97 bits per heavy atom. The van der Waals surface area contributed by atoms with E-state index in [0.29, 0.717) is 30.2 Å². The number of nitrogens with one attached hydrogen (secondary N) is 2. The minimum atomic E-state index is -0.172. The SMILES string of the molecule is CO[C@@H]1CN(C)C(=O)c2cc(NC(=O)Cc3ccccc3)ccc2OC[C@H](C)NC[C@@H]1C. The van der Waals surface area contributed by atoms with Crippen LogP contribution in [0.1, 0.15) is 29.8 Å². The summed E-state index contributed by atoms with van der Waals surface area (Å²) in [4.78, 5) is 27.4. The van der Waals surface area contributed by atoms with Gasteiger partial charge in [-0.3, -0.25) is 9.59 Å². The summed E-state index contributed by atoms with van der Waals surface area (Å²) < 4.78 is 11.6. The van der Waals surface area contributed by atoms with Gasteiger partial charge in [-0.2, -0.15) is 0 Å². The largest absolute Gasteiger partial charge is 0.491 e. The minimum Gasteiger partial charge on any atom is -0.491 e. The molecule has 0 radical (unpaired) electrons. The number of methoxy groups -OCH3 is 1. The molecule has 3 atom stereocenters. The molecule has 1 aliphatic rings. The van der Waals surface area contributed by atoms with Gasteiger partial charge in [0.15, 0.2) is 0 Å². The van der Waals surface area contributed by atoms with Crippen molar-refractivity contribution in [3.8, 4) is 5.75 Å². The number of ether oxygens (including phenoxy) is 2. The van der Waals surface area contributed by atoms with E-state index in [1.54, 1.807) is 37.3 Å². The fraction of sp³-hybridized carbons (Fsp3) is 0.440. The Morgan fingerprint density at radius 1 is 1.22 bits per heavy atom. The van der Waals surface area contributed by atoms with Crippen LogP contribution in [0, 0.1) is 5.92 Å². The number of likely N-dealkylation sites (N-methyl/N-ethyl adjacent to an activating group) is 1. The van der Waals surface area contributed by atoms with Gasteiger partial charge < -0.3 is 25.0 Å². The molecule has 2 aromatic carbocycles. The molecule has 172 valence electrons. The maximum atomic E-state index is 13.3. The zero-order valence-electron chi connectivity index (χ0n) is 19.3.